The summed E-state index contributed by atoms with van der Waals surface area (Å²) in [5, 5.41) is 2.85. The molecule has 1 atom stereocenters. The van der Waals surface area contributed by atoms with E-state index in [1.807, 2.05) is 6.92 Å². The van der Waals surface area contributed by atoms with E-state index in [9.17, 15) is 13.2 Å². The van der Waals surface area contributed by atoms with E-state index < -0.39 is 10.0 Å². The van der Waals surface area contributed by atoms with Crippen molar-refractivity contribution >= 4 is 15.9 Å². The standard InChI is InChI=1S/C21H26N2O5S/c1-15-6-9-18(10-7-15)29(25,26)23-12-4-5-17(23)14-22-21(24)16-8-11-19(27-2)20(13-16)28-3/h6-11,13,17H,4-5,12,14H2,1-3H3,(H,22,24). The Morgan fingerprint density at radius 3 is 2.45 bits per heavy atom. The lowest BCUT2D eigenvalue weighted by Gasteiger charge is -2.24. The van der Waals surface area contributed by atoms with E-state index in [1.165, 1.54) is 18.5 Å². The largest absolute Gasteiger partial charge is 0.493 e. The number of hydrogen-bond donors (Lipinski definition) is 1. The molecule has 8 heteroatoms. The molecule has 0 bridgehead atoms. The summed E-state index contributed by atoms with van der Waals surface area (Å²) in [6.07, 6.45) is 1.47. The van der Waals surface area contributed by atoms with Gasteiger partial charge in [-0.1, -0.05) is 17.7 Å². The van der Waals surface area contributed by atoms with E-state index in [1.54, 1.807) is 42.5 Å². The topological polar surface area (TPSA) is 84.9 Å². The third kappa shape index (κ3) is 4.54. The summed E-state index contributed by atoms with van der Waals surface area (Å²) in [7, 11) is -0.557. The maximum atomic E-state index is 13.0. The SMILES string of the molecule is COc1ccc(C(=O)NCC2CCCN2S(=O)(=O)c2ccc(C)cc2)cc1OC. The van der Waals surface area contributed by atoms with Crippen molar-refractivity contribution in [1.29, 1.82) is 0 Å². The Labute approximate surface area is 171 Å². The molecular formula is C21H26N2O5S. The molecule has 0 radical (unpaired) electrons. The molecule has 3 rings (SSSR count). The van der Waals surface area contributed by atoms with Crippen LogP contribution < -0.4 is 14.8 Å². The predicted octanol–water partition coefficient (Wildman–Crippen LogP) is 2.60. The summed E-state index contributed by atoms with van der Waals surface area (Å²) in [5.74, 6) is 0.713. The van der Waals surface area contributed by atoms with Crippen LogP contribution in [-0.4, -0.2) is 52.0 Å². The Kier molecular flexibility index (Phi) is 6.44. The first-order chi connectivity index (χ1) is 13.9. The number of hydrogen-bond acceptors (Lipinski definition) is 5. The average Bonchev–Trinajstić information content (AvgIpc) is 3.21. The molecule has 7 nitrogen and oxygen atoms in total. The van der Waals surface area contributed by atoms with Crippen LogP contribution in [-0.2, 0) is 10.0 Å². The van der Waals surface area contributed by atoms with Gasteiger partial charge in [0.25, 0.3) is 5.91 Å². The summed E-state index contributed by atoms with van der Waals surface area (Å²) in [5.41, 5.74) is 1.43. The second-order valence-electron chi connectivity index (χ2n) is 7.00. The van der Waals surface area contributed by atoms with Crippen molar-refractivity contribution in [3.8, 4) is 11.5 Å². The number of nitrogens with zero attached hydrogens (tertiary/aromatic N) is 1. The zero-order valence-electron chi connectivity index (χ0n) is 16.8. The highest BCUT2D eigenvalue weighted by molar-refractivity contribution is 7.89. The van der Waals surface area contributed by atoms with Gasteiger partial charge in [0.05, 0.1) is 19.1 Å². The minimum absolute atomic E-state index is 0.248. The van der Waals surface area contributed by atoms with Crippen molar-refractivity contribution < 1.29 is 22.7 Å². The number of aryl methyl sites for hydroxylation is 1. The minimum atomic E-state index is -3.59. The maximum Gasteiger partial charge on any atom is 0.251 e. The molecule has 0 spiro atoms. The van der Waals surface area contributed by atoms with Crippen LogP contribution in [0, 0.1) is 6.92 Å². The Hall–Kier alpha value is -2.58. The van der Waals surface area contributed by atoms with E-state index in [0.29, 0.717) is 30.0 Å². The highest BCUT2D eigenvalue weighted by atomic mass is 32.2. The number of nitrogens with one attached hydrogen (secondary N) is 1. The summed E-state index contributed by atoms with van der Waals surface area (Å²) in [6, 6.07) is 11.5. The first kappa shape index (κ1) is 21.1. The van der Waals surface area contributed by atoms with E-state index >= 15 is 0 Å². The fraction of sp³-hybridized carbons (Fsp3) is 0.381. The Balaban J connectivity index is 1.70. The van der Waals surface area contributed by atoms with Crippen LogP contribution in [0.2, 0.25) is 0 Å². The van der Waals surface area contributed by atoms with Crippen molar-refractivity contribution in [1.82, 2.24) is 9.62 Å². The first-order valence-corrected chi connectivity index (χ1v) is 10.9. The molecule has 156 valence electrons. The van der Waals surface area contributed by atoms with Gasteiger partial charge in [-0.2, -0.15) is 4.31 Å². The minimum Gasteiger partial charge on any atom is -0.493 e. The van der Waals surface area contributed by atoms with Gasteiger partial charge in [0, 0.05) is 24.7 Å². The molecule has 1 heterocycles. The summed E-state index contributed by atoms with van der Waals surface area (Å²) < 4.78 is 37.9. The van der Waals surface area contributed by atoms with Crippen molar-refractivity contribution in [2.75, 3.05) is 27.3 Å². The fourth-order valence-electron chi connectivity index (χ4n) is 3.47. The molecule has 1 aliphatic rings. The smallest absolute Gasteiger partial charge is 0.251 e. The van der Waals surface area contributed by atoms with Gasteiger partial charge in [0.1, 0.15) is 0 Å². The summed E-state index contributed by atoms with van der Waals surface area (Å²) >= 11 is 0. The highest BCUT2D eigenvalue weighted by Crippen LogP contribution is 2.28. The number of methoxy groups -OCH3 is 2. The van der Waals surface area contributed by atoms with Crippen LogP contribution in [0.5, 0.6) is 11.5 Å². The quantitative estimate of drug-likeness (QED) is 0.747. The third-order valence-corrected chi connectivity index (χ3v) is 7.06. The lowest BCUT2D eigenvalue weighted by Crippen LogP contribution is -2.43. The Morgan fingerprint density at radius 2 is 1.79 bits per heavy atom. The van der Waals surface area contributed by atoms with Gasteiger partial charge in [-0.15, -0.1) is 0 Å². The van der Waals surface area contributed by atoms with Crippen LogP contribution >= 0.6 is 0 Å². The van der Waals surface area contributed by atoms with Crippen molar-refractivity contribution in [2.24, 2.45) is 0 Å². The van der Waals surface area contributed by atoms with Crippen LogP contribution in [0.15, 0.2) is 47.4 Å². The normalized spacial score (nSPS) is 17.1. The van der Waals surface area contributed by atoms with Gasteiger partial charge >= 0.3 is 0 Å². The van der Waals surface area contributed by atoms with E-state index in [2.05, 4.69) is 5.32 Å². The molecule has 0 saturated carbocycles. The molecule has 2 aromatic rings. The molecule has 0 aromatic heterocycles. The van der Waals surface area contributed by atoms with Crippen LogP contribution in [0.4, 0.5) is 0 Å². The van der Waals surface area contributed by atoms with Crippen LogP contribution in [0.25, 0.3) is 0 Å². The molecule has 29 heavy (non-hydrogen) atoms. The van der Waals surface area contributed by atoms with E-state index in [4.69, 9.17) is 9.47 Å². The number of ether oxygens (including phenoxy) is 2. The second-order valence-corrected chi connectivity index (χ2v) is 8.90. The zero-order valence-corrected chi connectivity index (χ0v) is 17.7. The van der Waals surface area contributed by atoms with Gasteiger partial charge in [-0.25, -0.2) is 8.42 Å². The third-order valence-electron chi connectivity index (χ3n) is 5.09. The average molecular weight is 419 g/mol. The molecule has 1 N–H and O–H groups in total. The first-order valence-electron chi connectivity index (χ1n) is 9.45. The molecular weight excluding hydrogens is 392 g/mol. The van der Waals surface area contributed by atoms with Gasteiger partial charge in [0.15, 0.2) is 11.5 Å². The lowest BCUT2D eigenvalue weighted by molar-refractivity contribution is 0.0946. The Bertz CT molecular complexity index is 973. The van der Waals surface area contributed by atoms with E-state index in [0.717, 1.165) is 12.0 Å². The number of sulfonamides is 1. The Morgan fingerprint density at radius 1 is 1.10 bits per heavy atom. The van der Waals surface area contributed by atoms with E-state index in [-0.39, 0.29) is 23.4 Å². The van der Waals surface area contributed by atoms with Crippen molar-refractivity contribution in [3.05, 3.63) is 53.6 Å². The van der Waals surface area contributed by atoms with Crippen molar-refractivity contribution in [3.63, 3.8) is 0 Å². The molecule has 1 amide bonds. The molecule has 1 fully saturated rings. The number of benzene rings is 2. The van der Waals surface area contributed by atoms with Crippen LogP contribution in [0.1, 0.15) is 28.8 Å². The van der Waals surface area contributed by atoms with Gasteiger partial charge in [-0.05, 0) is 50.1 Å². The molecule has 1 saturated heterocycles. The van der Waals surface area contributed by atoms with Crippen LogP contribution in [0.3, 0.4) is 0 Å². The number of amides is 1. The van der Waals surface area contributed by atoms with Gasteiger partial charge < -0.3 is 14.8 Å². The molecule has 2 aromatic carbocycles. The predicted molar refractivity (Wildman–Crippen MR) is 110 cm³/mol. The number of carbonyl (C=O) groups is 1. The van der Waals surface area contributed by atoms with Gasteiger partial charge in [0.2, 0.25) is 10.0 Å². The monoisotopic (exact) mass is 418 g/mol. The van der Waals surface area contributed by atoms with Gasteiger partial charge in [-0.3, -0.25) is 4.79 Å². The fourth-order valence-corrected chi connectivity index (χ4v) is 5.16. The second kappa shape index (κ2) is 8.84. The lowest BCUT2D eigenvalue weighted by atomic mass is 10.1. The molecule has 0 aliphatic carbocycles. The van der Waals surface area contributed by atoms with Crippen molar-refractivity contribution in [2.45, 2.75) is 30.7 Å². The highest BCUT2D eigenvalue weighted by Gasteiger charge is 2.35. The number of carbonyl (C=O) groups excluding carboxylic acids is 1. The summed E-state index contributed by atoms with van der Waals surface area (Å²) in [4.78, 5) is 12.8. The number of rotatable bonds is 7. The zero-order chi connectivity index (χ0) is 21.0. The summed E-state index contributed by atoms with van der Waals surface area (Å²) in [6.45, 7) is 2.62. The molecule has 1 aliphatic heterocycles. The molecule has 1 unspecified atom stereocenters. The maximum absolute atomic E-state index is 13.0.